The Morgan fingerprint density at radius 1 is 1.22 bits per heavy atom. The maximum absolute atomic E-state index is 13.6. The van der Waals surface area contributed by atoms with Crippen LogP contribution >= 0.6 is 11.3 Å². The van der Waals surface area contributed by atoms with Crippen LogP contribution in [0, 0.1) is 12.7 Å². The van der Waals surface area contributed by atoms with Gasteiger partial charge in [-0.05, 0) is 62.3 Å². The van der Waals surface area contributed by atoms with E-state index in [4.69, 9.17) is 0 Å². The Hall–Kier alpha value is -3.07. The highest BCUT2D eigenvalue weighted by molar-refractivity contribution is 7.18. The first kappa shape index (κ1) is 22.1. The third-order valence-corrected chi connectivity index (χ3v) is 6.81. The number of thiophene rings is 1. The number of rotatable bonds is 7. The number of hydrogen-bond acceptors (Lipinski definition) is 5. The summed E-state index contributed by atoms with van der Waals surface area (Å²) in [6.45, 7) is 1.84. The van der Waals surface area contributed by atoms with Gasteiger partial charge in [-0.25, -0.2) is 9.37 Å². The van der Waals surface area contributed by atoms with Crippen molar-refractivity contribution in [1.29, 1.82) is 0 Å². The molecule has 0 saturated heterocycles. The standard InChI is InChI=1S/C23H25FN4O3S/c1-14-8-9-15(11-17(14)24)27-19(29)7-4-10-25-20(30)12-28-13-26-22-21(23(28)31)16-5-2-3-6-18(16)32-22/h8-9,11,13H,2-7,10,12H2,1H3,(H,25,30)(H,27,29). The number of aryl methyl sites for hydroxylation is 3. The lowest BCUT2D eigenvalue weighted by Gasteiger charge is -2.10. The second-order valence-electron chi connectivity index (χ2n) is 8.03. The fraction of sp³-hybridized carbons (Fsp3) is 0.391. The molecule has 0 fully saturated rings. The van der Waals surface area contributed by atoms with Crippen molar-refractivity contribution in [2.45, 2.75) is 52.0 Å². The van der Waals surface area contributed by atoms with E-state index in [0.29, 0.717) is 29.6 Å². The molecule has 0 bridgehead atoms. The molecular weight excluding hydrogens is 431 g/mol. The molecule has 32 heavy (non-hydrogen) atoms. The van der Waals surface area contributed by atoms with Crippen molar-refractivity contribution in [1.82, 2.24) is 14.9 Å². The molecule has 7 nitrogen and oxygen atoms in total. The van der Waals surface area contributed by atoms with Crippen LogP contribution in [0.25, 0.3) is 10.2 Å². The molecule has 168 valence electrons. The zero-order valence-electron chi connectivity index (χ0n) is 17.9. The SMILES string of the molecule is Cc1ccc(NC(=O)CCCNC(=O)Cn2cnc3sc4c(c3c2=O)CCCC4)cc1F. The predicted molar refractivity (Wildman–Crippen MR) is 123 cm³/mol. The first-order chi connectivity index (χ1) is 15.4. The molecule has 2 aromatic heterocycles. The van der Waals surface area contributed by atoms with Crippen molar-refractivity contribution in [3.63, 3.8) is 0 Å². The van der Waals surface area contributed by atoms with Crippen LogP contribution in [0.1, 0.15) is 41.7 Å². The molecule has 1 aliphatic rings. The Morgan fingerprint density at radius 3 is 2.84 bits per heavy atom. The molecule has 0 unspecified atom stereocenters. The predicted octanol–water partition coefficient (Wildman–Crippen LogP) is 3.32. The highest BCUT2D eigenvalue weighted by atomic mass is 32.1. The van der Waals surface area contributed by atoms with Crippen LogP contribution < -0.4 is 16.2 Å². The topological polar surface area (TPSA) is 93.1 Å². The molecule has 4 rings (SSSR count). The number of anilines is 1. The van der Waals surface area contributed by atoms with Crippen LogP contribution in [0.15, 0.2) is 29.3 Å². The van der Waals surface area contributed by atoms with Crippen LogP contribution in [0.2, 0.25) is 0 Å². The summed E-state index contributed by atoms with van der Waals surface area (Å²) in [4.78, 5) is 43.6. The van der Waals surface area contributed by atoms with Crippen molar-refractivity contribution in [2.75, 3.05) is 11.9 Å². The molecule has 1 aliphatic carbocycles. The second kappa shape index (κ2) is 9.60. The molecule has 1 aromatic carbocycles. The lowest BCUT2D eigenvalue weighted by Crippen LogP contribution is -2.33. The van der Waals surface area contributed by atoms with Crippen LogP contribution in [-0.4, -0.2) is 27.9 Å². The average Bonchev–Trinajstić information content (AvgIpc) is 3.15. The molecule has 2 amide bonds. The molecular formula is C23H25FN4O3S. The quantitative estimate of drug-likeness (QED) is 0.534. The van der Waals surface area contributed by atoms with Crippen LogP contribution in [-0.2, 0) is 29.0 Å². The van der Waals surface area contributed by atoms with Gasteiger partial charge in [-0.15, -0.1) is 11.3 Å². The van der Waals surface area contributed by atoms with Crippen molar-refractivity contribution < 1.29 is 14.0 Å². The minimum atomic E-state index is -0.374. The number of amides is 2. The summed E-state index contributed by atoms with van der Waals surface area (Å²) < 4.78 is 14.9. The van der Waals surface area contributed by atoms with Gasteiger partial charge in [0.15, 0.2) is 0 Å². The maximum Gasteiger partial charge on any atom is 0.262 e. The fourth-order valence-corrected chi connectivity index (χ4v) is 5.09. The van der Waals surface area contributed by atoms with Gasteiger partial charge in [0, 0.05) is 23.5 Å². The minimum absolute atomic E-state index is 0.110. The zero-order chi connectivity index (χ0) is 22.7. The smallest absolute Gasteiger partial charge is 0.262 e. The van der Waals surface area contributed by atoms with Gasteiger partial charge in [-0.2, -0.15) is 0 Å². The Balaban J connectivity index is 1.27. The summed E-state index contributed by atoms with van der Waals surface area (Å²) in [5.41, 5.74) is 1.84. The van der Waals surface area contributed by atoms with E-state index in [1.807, 2.05) is 0 Å². The highest BCUT2D eigenvalue weighted by Crippen LogP contribution is 2.33. The number of fused-ring (bicyclic) bond motifs is 3. The van der Waals surface area contributed by atoms with E-state index < -0.39 is 0 Å². The number of aromatic nitrogens is 2. The fourth-order valence-electron chi connectivity index (χ4n) is 3.88. The van der Waals surface area contributed by atoms with Crippen molar-refractivity contribution in [2.24, 2.45) is 0 Å². The van der Waals surface area contributed by atoms with Gasteiger partial charge in [-0.1, -0.05) is 6.07 Å². The number of nitrogens with one attached hydrogen (secondary N) is 2. The van der Waals surface area contributed by atoms with Crippen molar-refractivity contribution >= 4 is 39.1 Å². The monoisotopic (exact) mass is 456 g/mol. The van der Waals surface area contributed by atoms with Gasteiger partial charge in [0.1, 0.15) is 17.2 Å². The number of carbonyl (C=O) groups is 2. The number of carbonyl (C=O) groups excluding carboxylic acids is 2. The van der Waals surface area contributed by atoms with Gasteiger partial charge in [0.2, 0.25) is 11.8 Å². The summed E-state index contributed by atoms with van der Waals surface area (Å²) in [5.74, 6) is -0.935. The van der Waals surface area contributed by atoms with E-state index in [-0.39, 0.29) is 36.2 Å². The Morgan fingerprint density at radius 2 is 2.03 bits per heavy atom. The number of nitrogens with zero attached hydrogens (tertiary/aromatic N) is 2. The third kappa shape index (κ3) is 4.88. The molecule has 3 aromatic rings. The summed E-state index contributed by atoms with van der Waals surface area (Å²) >= 11 is 1.58. The first-order valence-electron chi connectivity index (χ1n) is 10.7. The van der Waals surface area contributed by atoms with E-state index in [1.54, 1.807) is 30.4 Å². The van der Waals surface area contributed by atoms with Gasteiger partial charge in [-0.3, -0.25) is 19.0 Å². The second-order valence-corrected chi connectivity index (χ2v) is 9.12. The Labute approximate surface area is 188 Å². The van der Waals surface area contributed by atoms with E-state index in [1.165, 1.54) is 21.8 Å². The summed E-state index contributed by atoms with van der Waals surface area (Å²) in [6.07, 6.45) is 6.12. The maximum atomic E-state index is 13.6. The summed E-state index contributed by atoms with van der Waals surface area (Å²) in [6, 6.07) is 4.53. The highest BCUT2D eigenvalue weighted by Gasteiger charge is 2.20. The molecule has 9 heteroatoms. The number of halogens is 1. The van der Waals surface area contributed by atoms with E-state index in [9.17, 15) is 18.8 Å². The van der Waals surface area contributed by atoms with Gasteiger partial charge in [0.05, 0.1) is 11.7 Å². The molecule has 0 radical (unpaired) electrons. The number of benzene rings is 1. The summed E-state index contributed by atoms with van der Waals surface area (Å²) in [7, 11) is 0. The largest absolute Gasteiger partial charge is 0.355 e. The third-order valence-electron chi connectivity index (χ3n) is 5.61. The lowest BCUT2D eigenvalue weighted by molar-refractivity contribution is -0.122. The van der Waals surface area contributed by atoms with Crippen LogP contribution in [0.3, 0.4) is 0 Å². The van der Waals surface area contributed by atoms with Crippen molar-refractivity contribution in [3.8, 4) is 0 Å². The molecule has 2 heterocycles. The van der Waals surface area contributed by atoms with E-state index >= 15 is 0 Å². The Bertz CT molecular complexity index is 1230. The van der Waals surface area contributed by atoms with Gasteiger partial charge in [0.25, 0.3) is 5.56 Å². The van der Waals surface area contributed by atoms with E-state index in [2.05, 4.69) is 15.6 Å². The first-order valence-corrected chi connectivity index (χ1v) is 11.6. The minimum Gasteiger partial charge on any atom is -0.355 e. The number of hydrogen-bond donors (Lipinski definition) is 2. The molecule has 0 aliphatic heterocycles. The average molecular weight is 457 g/mol. The van der Waals surface area contributed by atoms with Gasteiger partial charge < -0.3 is 10.6 Å². The van der Waals surface area contributed by atoms with Crippen molar-refractivity contribution in [3.05, 3.63) is 56.7 Å². The van der Waals surface area contributed by atoms with E-state index in [0.717, 1.165) is 36.1 Å². The lowest BCUT2D eigenvalue weighted by atomic mass is 9.97. The molecule has 2 N–H and O–H groups in total. The molecule has 0 spiro atoms. The zero-order valence-corrected chi connectivity index (χ0v) is 18.7. The normalized spacial score (nSPS) is 13.1. The summed E-state index contributed by atoms with van der Waals surface area (Å²) in [5, 5.41) is 6.03. The molecule has 0 atom stereocenters. The van der Waals surface area contributed by atoms with Crippen LogP contribution in [0.4, 0.5) is 10.1 Å². The molecule has 0 saturated carbocycles. The van der Waals surface area contributed by atoms with Gasteiger partial charge >= 0.3 is 0 Å². The Kier molecular flexibility index (Phi) is 6.64. The van der Waals surface area contributed by atoms with Crippen LogP contribution in [0.5, 0.6) is 0 Å².